The Labute approximate surface area is 200 Å². The smallest absolute Gasteiger partial charge is 0.331 e. The Balaban J connectivity index is 1.77. The average molecular weight is 475 g/mol. The van der Waals surface area contributed by atoms with Crippen molar-refractivity contribution in [3.05, 3.63) is 91.8 Å². The normalized spacial score (nSPS) is 15.8. The molecule has 1 aliphatic rings. The number of benzene rings is 2. The van der Waals surface area contributed by atoms with Crippen molar-refractivity contribution in [3.63, 3.8) is 0 Å². The van der Waals surface area contributed by atoms with Crippen LogP contribution in [0.1, 0.15) is 17.4 Å². The van der Waals surface area contributed by atoms with E-state index in [1.165, 1.54) is 11.6 Å². The molecule has 0 saturated heterocycles. The maximum absolute atomic E-state index is 13.5. The lowest BCUT2D eigenvalue weighted by atomic mass is 10.0. The van der Waals surface area contributed by atoms with E-state index in [2.05, 4.69) is 27.5 Å². The zero-order valence-electron chi connectivity index (χ0n) is 19.1. The van der Waals surface area contributed by atoms with Gasteiger partial charge in [-0.05, 0) is 23.8 Å². The highest BCUT2D eigenvalue weighted by Crippen LogP contribution is 2.42. The minimum atomic E-state index is -0.430. The first-order chi connectivity index (χ1) is 16.4. The molecule has 0 aliphatic carbocycles. The molecule has 1 atom stereocenters. The van der Waals surface area contributed by atoms with E-state index in [-0.39, 0.29) is 11.2 Å². The Kier molecular flexibility index (Phi) is 4.62. The summed E-state index contributed by atoms with van der Waals surface area (Å²) in [5, 5.41) is 2.22. The van der Waals surface area contributed by atoms with E-state index in [0.717, 1.165) is 33.4 Å². The first-order valence-corrected chi connectivity index (χ1v) is 11.5. The largest absolute Gasteiger partial charge is 0.365 e. The summed E-state index contributed by atoms with van der Waals surface area (Å²) < 4.78 is 13.3. The van der Waals surface area contributed by atoms with E-state index in [9.17, 15) is 9.59 Å². The van der Waals surface area contributed by atoms with Gasteiger partial charge in [0.15, 0.2) is 0 Å². The highest BCUT2D eigenvalue weighted by atomic mass is 35.5. The summed E-state index contributed by atoms with van der Waals surface area (Å²) in [4.78, 5) is 26.5. The van der Waals surface area contributed by atoms with Gasteiger partial charge in [0.05, 0.1) is 28.9 Å². The van der Waals surface area contributed by atoms with Gasteiger partial charge in [-0.15, -0.1) is 0 Å². The van der Waals surface area contributed by atoms with E-state index in [4.69, 9.17) is 16.3 Å². The van der Waals surface area contributed by atoms with Crippen molar-refractivity contribution in [2.75, 3.05) is 6.61 Å². The molecule has 5 aromatic rings. The van der Waals surface area contributed by atoms with Crippen molar-refractivity contribution < 1.29 is 4.74 Å². The van der Waals surface area contributed by atoms with Crippen LogP contribution in [0.5, 0.6) is 0 Å². The van der Waals surface area contributed by atoms with Crippen LogP contribution in [0.4, 0.5) is 0 Å². The molecule has 0 bridgehead atoms. The fourth-order valence-corrected chi connectivity index (χ4v) is 5.43. The van der Waals surface area contributed by atoms with Crippen molar-refractivity contribution >= 4 is 33.4 Å². The van der Waals surface area contributed by atoms with Crippen LogP contribution in [0.2, 0.25) is 5.02 Å². The van der Waals surface area contributed by atoms with E-state index < -0.39 is 6.10 Å². The summed E-state index contributed by atoms with van der Waals surface area (Å²) in [6.45, 7) is 1.05. The maximum atomic E-state index is 13.5. The van der Waals surface area contributed by atoms with Gasteiger partial charge < -0.3 is 13.9 Å². The third kappa shape index (κ3) is 2.80. The van der Waals surface area contributed by atoms with Gasteiger partial charge in [-0.25, -0.2) is 4.79 Å². The molecule has 0 spiro atoms. The molecule has 172 valence electrons. The van der Waals surface area contributed by atoms with Crippen molar-refractivity contribution in [1.29, 1.82) is 0 Å². The quantitative estimate of drug-likeness (QED) is 0.389. The van der Waals surface area contributed by atoms with Gasteiger partial charge in [0.2, 0.25) is 0 Å². The molecule has 0 radical (unpaired) electrons. The molecule has 7 nitrogen and oxygen atoms in total. The van der Waals surface area contributed by atoms with Crippen molar-refractivity contribution in [1.82, 2.24) is 18.3 Å². The molecular formula is C26H23ClN4O3. The van der Waals surface area contributed by atoms with Gasteiger partial charge in [-0.1, -0.05) is 41.9 Å². The molecule has 1 aliphatic heterocycles. The van der Waals surface area contributed by atoms with Crippen LogP contribution in [0.15, 0.2) is 64.3 Å². The number of ether oxygens (including phenoxy) is 1. The Morgan fingerprint density at radius 2 is 1.71 bits per heavy atom. The highest BCUT2D eigenvalue weighted by Gasteiger charge is 2.34. The average Bonchev–Trinajstić information content (AvgIpc) is 3.37. The molecule has 8 heteroatoms. The predicted octanol–water partition coefficient (Wildman–Crippen LogP) is 3.97. The summed E-state index contributed by atoms with van der Waals surface area (Å²) in [5.41, 5.74) is 4.50. The molecule has 34 heavy (non-hydrogen) atoms. The van der Waals surface area contributed by atoms with E-state index in [1.807, 2.05) is 43.4 Å². The number of fused-ring (bicyclic) bond motifs is 4. The lowest BCUT2D eigenvalue weighted by molar-refractivity contribution is 0.0486. The van der Waals surface area contributed by atoms with Crippen LogP contribution in [0.3, 0.4) is 0 Å². The molecule has 6 rings (SSSR count). The van der Waals surface area contributed by atoms with Crippen molar-refractivity contribution in [2.24, 2.45) is 21.1 Å². The molecule has 0 fully saturated rings. The SMILES string of the molecule is Cn1c(=O)c2c(-c3ccc(Cl)cc3)n3c(c2n(C)c1=O)[C@H](c1cn(C)c2ccccc12)OCC3. The first kappa shape index (κ1) is 21.0. The number of nitrogens with zero attached hydrogens (tertiary/aromatic N) is 4. The zero-order chi connectivity index (χ0) is 23.7. The van der Waals surface area contributed by atoms with Crippen LogP contribution in [-0.4, -0.2) is 24.9 Å². The van der Waals surface area contributed by atoms with Gasteiger partial charge >= 0.3 is 5.69 Å². The fraction of sp³-hybridized carbons (Fsp3) is 0.231. The second kappa shape index (κ2) is 7.48. The van der Waals surface area contributed by atoms with Gasteiger partial charge in [0.25, 0.3) is 5.56 Å². The van der Waals surface area contributed by atoms with Crippen LogP contribution < -0.4 is 11.2 Å². The number of aryl methyl sites for hydroxylation is 2. The third-order valence-corrected chi connectivity index (χ3v) is 7.13. The van der Waals surface area contributed by atoms with Gasteiger partial charge in [0.1, 0.15) is 6.10 Å². The number of para-hydroxylation sites is 1. The Morgan fingerprint density at radius 3 is 2.47 bits per heavy atom. The topological polar surface area (TPSA) is 63.1 Å². The molecule has 3 aromatic heterocycles. The Bertz CT molecular complexity index is 1720. The van der Waals surface area contributed by atoms with Crippen molar-refractivity contribution in [2.45, 2.75) is 12.6 Å². The minimum Gasteiger partial charge on any atom is -0.365 e. The second-order valence-corrected chi connectivity index (χ2v) is 9.22. The monoisotopic (exact) mass is 474 g/mol. The summed E-state index contributed by atoms with van der Waals surface area (Å²) in [6.07, 6.45) is 1.64. The summed E-state index contributed by atoms with van der Waals surface area (Å²) in [6, 6.07) is 15.6. The maximum Gasteiger partial charge on any atom is 0.331 e. The summed E-state index contributed by atoms with van der Waals surface area (Å²) in [7, 11) is 5.24. The summed E-state index contributed by atoms with van der Waals surface area (Å²) >= 11 is 6.16. The van der Waals surface area contributed by atoms with E-state index in [0.29, 0.717) is 29.1 Å². The van der Waals surface area contributed by atoms with Gasteiger partial charge in [-0.2, -0.15) is 0 Å². The van der Waals surface area contributed by atoms with Crippen LogP contribution in [0, 0.1) is 0 Å². The van der Waals surface area contributed by atoms with Crippen molar-refractivity contribution in [3.8, 4) is 11.3 Å². The third-order valence-electron chi connectivity index (χ3n) is 6.88. The van der Waals surface area contributed by atoms with E-state index >= 15 is 0 Å². The number of aromatic nitrogens is 4. The minimum absolute atomic E-state index is 0.318. The number of hydrogen-bond acceptors (Lipinski definition) is 3. The fourth-order valence-electron chi connectivity index (χ4n) is 5.31. The molecular weight excluding hydrogens is 452 g/mol. The molecule has 0 unspecified atom stereocenters. The Hall–Kier alpha value is -3.55. The van der Waals surface area contributed by atoms with Crippen LogP contribution in [0.25, 0.3) is 33.1 Å². The van der Waals surface area contributed by atoms with E-state index in [1.54, 1.807) is 11.6 Å². The lowest BCUT2D eigenvalue weighted by Crippen LogP contribution is -2.37. The first-order valence-electron chi connectivity index (χ1n) is 11.1. The van der Waals surface area contributed by atoms with Gasteiger partial charge in [0, 0.05) is 55.4 Å². The molecule has 0 amide bonds. The number of hydrogen-bond donors (Lipinski definition) is 0. The lowest BCUT2D eigenvalue weighted by Gasteiger charge is -2.27. The molecule has 2 aromatic carbocycles. The van der Waals surface area contributed by atoms with Crippen LogP contribution in [-0.2, 0) is 32.4 Å². The second-order valence-electron chi connectivity index (χ2n) is 8.79. The zero-order valence-corrected chi connectivity index (χ0v) is 19.8. The predicted molar refractivity (Wildman–Crippen MR) is 134 cm³/mol. The molecule has 0 N–H and O–H groups in total. The van der Waals surface area contributed by atoms with Crippen LogP contribution >= 0.6 is 11.6 Å². The highest BCUT2D eigenvalue weighted by molar-refractivity contribution is 6.30. The molecule has 4 heterocycles. The Morgan fingerprint density at radius 1 is 0.971 bits per heavy atom. The number of halogens is 1. The molecule has 0 saturated carbocycles. The summed E-state index contributed by atoms with van der Waals surface area (Å²) in [5.74, 6) is 0. The number of rotatable bonds is 2. The standard InChI is InChI=1S/C26H23ClN4O3/c1-28-14-18(17-6-4-5-7-19(17)28)24-23-22-20(25(32)30(3)26(33)29(22)2)21(31(23)12-13-34-24)15-8-10-16(27)11-9-15/h4-11,14,24H,12-13H2,1-3H3/t24-/m0/s1. The van der Waals surface area contributed by atoms with Gasteiger partial charge in [-0.3, -0.25) is 13.9 Å².